The van der Waals surface area contributed by atoms with Crippen LogP contribution in [0.5, 0.6) is 0 Å². The fraction of sp³-hybridized carbons (Fsp3) is 0.923. The Morgan fingerprint density at radius 2 is 1.81 bits per heavy atom. The SMILES string of the molecule is CC(C)(C)C(=O)NCC1(CO)CCCCC1. The molecule has 1 aliphatic rings. The summed E-state index contributed by atoms with van der Waals surface area (Å²) in [6, 6.07) is 0. The van der Waals surface area contributed by atoms with Crippen molar-refractivity contribution in [1.82, 2.24) is 5.32 Å². The van der Waals surface area contributed by atoms with Crippen LogP contribution in [0.4, 0.5) is 0 Å². The summed E-state index contributed by atoms with van der Waals surface area (Å²) < 4.78 is 0. The van der Waals surface area contributed by atoms with E-state index in [1.165, 1.54) is 19.3 Å². The molecular formula is C13H25NO2. The Kier molecular flexibility index (Phi) is 4.36. The molecule has 1 amide bonds. The van der Waals surface area contributed by atoms with Crippen LogP contribution in [0.2, 0.25) is 0 Å². The molecule has 1 fully saturated rings. The van der Waals surface area contributed by atoms with Gasteiger partial charge in [0.2, 0.25) is 5.91 Å². The summed E-state index contributed by atoms with van der Waals surface area (Å²) >= 11 is 0. The maximum Gasteiger partial charge on any atom is 0.225 e. The van der Waals surface area contributed by atoms with Crippen molar-refractivity contribution in [2.75, 3.05) is 13.2 Å². The number of hydrogen-bond donors (Lipinski definition) is 2. The van der Waals surface area contributed by atoms with Gasteiger partial charge in [-0.2, -0.15) is 0 Å². The average Bonchev–Trinajstić information content (AvgIpc) is 2.26. The summed E-state index contributed by atoms with van der Waals surface area (Å²) in [7, 11) is 0. The smallest absolute Gasteiger partial charge is 0.225 e. The third-order valence-corrected chi connectivity index (χ3v) is 3.55. The Bertz CT molecular complexity index is 237. The molecular weight excluding hydrogens is 202 g/mol. The highest BCUT2D eigenvalue weighted by Crippen LogP contribution is 2.35. The van der Waals surface area contributed by atoms with Crippen molar-refractivity contribution in [3.8, 4) is 0 Å². The molecule has 0 saturated heterocycles. The van der Waals surface area contributed by atoms with Crippen LogP contribution in [0.15, 0.2) is 0 Å². The molecule has 94 valence electrons. The first-order valence-electron chi connectivity index (χ1n) is 6.29. The molecule has 0 bridgehead atoms. The van der Waals surface area contributed by atoms with Crippen LogP contribution < -0.4 is 5.32 Å². The number of carbonyl (C=O) groups is 1. The van der Waals surface area contributed by atoms with Crippen LogP contribution in [0.25, 0.3) is 0 Å². The highest BCUT2D eigenvalue weighted by Gasteiger charge is 2.33. The van der Waals surface area contributed by atoms with Crippen molar-refractivity contribution in [1.29, 1.82) is 0 Å². The van der Waals surface area contributed by atoms with Gasteiger partial charge in [-0.1, -0.05) is 40.0 Å². The van der Waals surface area contributed by atoms with Gasteiger partial charge in [-0.3, -0.25) is 4.79 Å². The molecule has 1 rings (SSSR count). The predicted octanol–water partition coefficient (Wildman–Crippen LogP) is 2.09. The second-order valence-corrected chi connectivity index (χ2v) is 6.15. The first-order chi connectivity index (χ1) is 7.40. The van der Waals surface area contributed by atoms with Crippen molar-refractivity contribution in [2.45, 2.75) is 52.9 Å². The lowest BCUT2D eigenvalue weighted by molar-refractivity contribution is -0.129. The Labute approximate surface area is 98.6 Å². The molecule has 1 aliphatic carbocycles. The Balaban J connectivity index is 2.48. The van der Waals surface area contributed by atoms with E-state index in [1.807, 2.05) is 20.8 Å². The largest absolute Gasteiger partial charge is 0.396 e. The topological polar surface area (TPSA) is 49.3 Å². The van der Waals surface area contributed by atoms with E-state index in [0.717, 1.165) is 12.8 Å². The number of carbonyl (C=O) groups excluding carboxylic acids is 1. The zero-order chi connectivity index (χ0) is 12.2. The second kappa shape index (κ2) is 5.17. The molecule has 0 spiro atoms. The van der Waals surface area contributed by atoms with E-state index in [-0.39, 0.29) is 23.3 Å². The molecule has 2 N–H and O–H groups in total. The summed E-state index contributed by atoms with van der Waals surface area (Å²) in [5.41, 5.74) is -0.398. The fourth-order valence-electron chi connectivity index (χ4n) is 2.23. The van der Waals surface area contributed by atoms with E-state index in [9.17, 15) is 9.90 Å². The monoisotopic (exact) mass is 227 g/mol. The van der Waals surface area contributed by atoms with E-state index < -0.39 is 0 Å². The lowest BCUT2D eigenvalue weighted by Gasteiger charge is -2.36. The molecule has 16 heavy (non-hydrogen) atoms. The van der Waals surface area contributed by atoms with E-state index in [4.69, 9.17) is 0 Å². The average molecular weight is 227 g/mol. The number of rotatable bonds is 3. The van der Waals surface area contributed by atoms with Crippen molar-refractivity contribution in [3.63, 3.8) is 0 Å². The molecule has 0 radical (unpaired) electrons. The van der Waals surface area contributed by atoms with Gasteiger partial charge in [0.15, 0.2) is 0 Å². The second-order valence-electron chi connectivity index (χ2n) is 6.15. The van der Waals surface area contributed by atoms with Gasteiger partial charge in [-0.05, 0) is 12.8 Å². The number of aliphatic hydroxyl groups is 1. The molecule has 0 unspecified atom stereocenters. The number of nitrogens with one attached hydrogen (secondary N) is 1. The van der Waals surface area contributed by atoms with Gasteiger partial charge in [-0.15, -0.1) is 0 Å². The number of aliphatic hydroxyl groups excluding tert-OH is 1. The fourth-order valence-corrected chi connectivity index (χ4v) is 2.23. The van der Waals surface area contributed by atoms with Gasteiger partial charge in [0.1, 0.15) is 0 Å². The lowest BCUT2D eigenvalue weighted by Crippen LogP contribution is -2.44. The zero-order valence-corrected chi connectivity index (χ0v) is 10.8. The van der Waals surface area contributed by atoms with Crippen LogP contribution in [0.1, 0.15) is 52.9 Å². The van der Waals surface area contributed by atoms with Crippen molar-refractivity contribution < 1.29 is 9.90 Å². The van der Waals surface area contributed by atoms with Gasteiger partial charge in [0.25, 0.3) is 0 Å². The Morgan fingerprint density at radius 3 is 2.25 bits per heavy atom. The minimum absolute atomic E-state index is 0.0564. The van der Waals surface area contributed by atoms with E-state index >= 15 is 0 Å². The molecule has 3 heteroatoms. The summed E-state index contributed by atoms with van der Waals surface area (Å²) in [5, 5.41) is 12.5. The molecule has 1 saturated carbocycles. The molecule has 0 aliphatic heterocycles. The van der Waals surface area contributed by atoms with E-state index in [2.05, 4.69) is 5.32 Å². The first kappa shape index (κ1) is 13.5. The quantitative estimate of drug-likeness (QED) is 0.775. The van der Waals surface area contributed by atoms with Crippen LogP contribution in [0.3, 0.4) is 0 Å². The highest BCUT2D eigenvalue weighted by atomic mass is 16.3. The lowest BCUT2D eigenvalue weighted by atomic mass is 9.74. The Morgan fingerprint density at radius 1 is 1.25 bits per heavy atom. The minimum Gasteiger partial charge on any atom is -0.396 e. The van der Waals surface area contributed by atoms with Crippen LogP contribution in [0, 0.1) is 10.8 Å². The summed E-state index contributed by atoms with van der Waals surface area (Å²) in [6.07, 6.45) is 5.68. The van der Waals surface area contributed by atoms with Crippen LogP contribution in [-0.4, -0.2) is 24.2 Å². The summed E-state index contributed by atoms with van der Waals surface area (Å²) in [4.78, 5) is 11.8. The number of hydrogen-bond acceptors (Lipinski definition) is 2. The van der Waals surface area contributed by atoms with Crippen LogP contribution in [-0.2, 0) is 4.79 Å². The van der Waals surface area contributed by atoms with Crippen molar-refractivity contribution in [3.05, 3.63) is 0 Å². The summed E-state index contributed by atoms with van der Waals surface area (Å²) in [5.74, 6) is 0.0749. The van der Waals surface area contributed by atoms with Gasteiger partial charge in [0, 0.05) is 17.4 Å². The normalized spacial score (nSPS) is 20.5. The van der Waals surface area contributed by atoms with E-state index in [0.29, 0.717) is 6.54 Å². The third kappa shape index (κ3) is 3.48. The predicted molar refractivity (Wildman–Crippen MR) is 65.1 cm³/mol. The van der Waals surface area contributed by atoms with Gasteiger partial charge >= 0.3 is 0 Å². The molecule has 0 atom stereocenters. The standard InChI is InChI=1S/C13H25NO2/c1-12(2,3)11(16)14-9-13(10-15)7-5-4-6-8-13/h15H,4-10H2,1-3H3,(H,14,16). The number of amides is 1. The maximum atomic E-state index is 11.8. The Hall–Kier alpha value is -0.570. The summed E-state index contributed by atoms with van der Waals surface area (Å²) in [6.45, 7) is 6.55. The third-order valence-electron chi connectivity index (χ3n) is 3.55. The van der Waals surface area contributed by atoms with Gasteiger partial charge in [-0.25, -0.2) is 0 Å². The van der Waals surface area contributed by atoms with Crippen LogP contribution >= 0.6 is 0 Å². The molecule has 0 aromatic carbocycles. The minimum atomic E-state index is -0.342. The highest BCUT2D eigenvalue weighted by molar-refractivity contribution is 5.81. The van der Waals surface area contributed by atoms with Gasteiger partial charge < -0.3 is 10.4 Å². The van der Waals surface area contributed by atoms with Gasteiger partial charge in [0.05, 0.1) is 6.61 Å². The van der Waals surface area contributed by atoms with Crippen molar-refractivity contribution >= 4 is 5.91 Å². The zero-order valence-electron chi connectivity index (χ0n) is 10.8. The molecule has 0 aromatic heterocycles. The molecule has 0 heterocycles. The first-order valence-corrected chi connectivity index (χ1v) is 6.29. The molecule has 3 nitrogen and oxygen atoms in total. The van der Waals surface area contributed by atoms with E-state index in [1.54, 1.807) is 0 Å². The van der Waals surface area contributed by atoms with Crippen molar-refractivity contribution in [2.24, 2.45) is 10.8 Å². The molecule has 0 aromatic rings. The maximum absolute atomic E-state index is 11.8.